The number of benzene rings is 1. The minimum Gasteiger partial charge on any atom is -0.295 e. The number of aryl methyl sites for hydroxylation is 1. The second-order valence-electron chi connectivity index (χ2n) is 13.9. The minimum absolute atomic E-state index is 0.0335. The maximum atomic E-state index is 12.8. The van der Waals surface area contributed by atoms with Crippen LogP contribution in [0.2, 0.25) is 0 Å². The smallest absolute Gasteiger partial charge is 0.160 e. The van der Waals surface area contributed by atoms with Gasteiger partial charge in [-0.2, -0.15) is 0 Å². The molecule has 0 unspecified atom stereocenters. The van der Waals surface area contributed by atoms with Crippen LogP contribution in [0, 0.1) is 29.1 Å². The van der Waals surface area contributed by atoms with Gasteiger partial charge in [0, 0.05) is 16.4 Å². The zero-order valence-corrected chi connectivity index (χ0v) is 26.8. The van der Waals surface area contributed by atoms with E-state index in [1.54, 1.807) is 6.92 Å². The SMILES string of the molecule is C=C1C2=C(C)[C@@]3(C)C(=C)C(C(C)=O)=C(C)C[C@@]3(C)[C@H](C)[C@@]2(C)[C@H](C)c2ccc(CCCCCCCC)c(C)c21. The number of fused-ring (bicyclic) bond motifs is 3. The van der Waals surface area contributed by atoms with Gasteiger partial charge < -0.3 is 0 Å². The van der Waals surface area contributed by atoms with E-state index in [1.807, 2.05) is 0 Å². The van der Waals surface area contributed by atoms with Gasteiger partial charge in [-0.15, -0.1) is 0 Å². The van der Waals surface area contributed by atoms with E-state index in [1.165, 1.54) is 83.1 Å². The zero-order chi connectivity index (χ0) is 29.1. The van der Waals surface area contributed by atoms with Gasteiger partial charge in [0.1, 0.15) is 0 Å². The summed E-state index contributed by atoms with van der Waals surface area (Å²) in [5.74, 6) is 0.917. The van der Waals surface area contributed by atoms with Gasteiger partial charge in [0.05, 0.1) is 0 Å². The fraction of sp³-hybridized carbons (Fsp3) is 0.605. The first-order chi connectivity index (χ1) is 18.2. The minimum atomic E-state index is -0.286. The van der Waals surface area contributed by atoms with Crippen LogP contribution in [0.25, 0.3) is 5.57 Å². The first-order valence-corrected chi connectivity index (χ1v) is 15.6. The number of rotatable bonds is 8. The summed E-state index contributed by atoms with van der Waals surface area (Å²) >= 11 is 0. The zero-order valence-electron chi connectivity index (χ0n) is 26.8. The number of hydrogen-bond donors (Lipinski definition) is 0. The van der Waals surface area contributed by atoms with Crippen LogP contribution < -0.4 is 0 Å². The van der Waals surface area contributed by atoms with Crippen molar-refractivity contribution in [2.24, 2.45) is 22.2 Å². The standard InChI is InChI=1S/C38H54O/c1-13-14-15-16-17-18-19-31-20-21-32-26(5)37(11)30(9)36(10)22-23(2)33(29(8)39)27(6)38(36,12)28(7)35(37)25(4)34(32)24(31)3/h20-21,26,30H,4,6,13-19,22H2,1-3,5,7-12H3/t26-,30+,36+,37-,38-/m1/s1. The van der Waals surface area contributed by atoms with E-state index in [9.17, 15) is 4.79 Å². The molecule has 1 nitrogen and oxygen atoms in total. The average Bonchev–Trinajstić information content (AvgIpc) is 2.87. The van der Waals surface area contributed by atoms with Gasteiger partial charge in [0.25, 0.3) is 0 Å². The van der Waals surface area contributed by atoms with Crippen LogP contribution in [0.4, 0.5) is 0 Å². The summed E-state index contributed by atoms with van der Waals surface area (Å²) in [5.41, 5.74) is 12.5. The van der Waals surface area contributed by atoms with Crippen molar-refractivity contribution in [1.82, 2.24) is 0 Å². The summed E-state index contributed by atoms with van der Waals surface area (Å²) in [6.07, 6.45) is 10.0. The molecule has 3 aliphatic rings. The van der Waals surface area contributed by atoms with Crippen LogP contribution >= 0.6 is 0 Å². The maximum Gasteiger partial charge on any atom is 0.160 e. The lowest BCUT2D eigenvalue weighted by atomic mass is 9.37. The maximum absolute atomic E-state index is 12.8. The number of ketones is 1. The highest BCUT2D eigenvalue weighted by Crippen LogP contribution is 2.74. The summed E-state index contributed by atoms with van der Waals surface area (Å²) in [6, 6.07) is 4.85. The van der Waals surface area contributed by atoms with E-state index in [-0.39, 0.29) is 22.0 Å². The molecule has 39 heavy (non-hydrogen) atoms. The topological polar surface area (TPSA) is 17.1 Å². The molecular weight excluding hydrogens is 472 g/mol. The Morgan fingerprint density at radius 3 is 2.21 bits per heavy atom. The monoisotopic (exact) mass is 526 g/mol. The van der Waals surface area contributed by atoms with Crippen molar-refractivity contribution in [3.05, 3.63) is 75.4 Å². The second-order valence-corrected chi connectivity index (χ2v) is 13.9. The predicted octanol–water partition coefficient (Wildman–Crippen LogP) is 10.9. The summed E-state index contributed by atoms with van der Waals surface area (Å²) in [6.45, 7) is 32.6. The Morgan fingerprint density at radius 2 is 1.59 bits per heavy atom. The summed E-state index contributed by atoms with van der Waals surface area (Å²) in [5, 5.41) is 0. The lowest BCUT2D eigenvalue weighted by Gasteiger charge is -2.66. The molecule has 0 heterocycles. The van der Waals surface area contributed by atoms with Crippen molar-refractivity contribution in [2.75, 3.05) is 0 Å². The Kier molecular flexibility index (Phi) is 7.92. The number of unbranched alkanes of at least 4 members (excludes halogenated alkanes) is 5. The molecule has 0 saturated carbocycles. The fourth-order valence-corrected chi connectivity index (χ4v) is 9.45. The molecule has 0 N–H and O–H groups in total. The molecule has 1 aromatic rings. The quantitative estimate of drug-likeness (QED) is 0.308. The van der Waals surface area contributed by atoms with Crippen LogP contribution in [0.3, 0.4) is 0 Å². The molecule has 0 aromatic heterocycles. The Hall–Kier alpha value is -2.15. The van der Waals surface area contributed by atoms with Crippen molar-refractivity contribution in [2.45, 2.75) is 127 Å². The van der Waals surface area contributed by atoms with Gasteiger partial charge in [0.2, 0.25) is 0 Å². The van der Waals surface area contributed by atoms with Crippen molar-refractivity contribution in [3.8, 4) is 0 Å². The largest absolute Gasteiger partial charge is 0.295 e. The highest BCUT2D eigenvalue weighted by molar-refractivity contribution is 6.00. The van der Waals surface area contributed by atoms with Crippen LogP contribution in [0.1, 0.15) is 135 Å². The number of Topliss-reactive ketones (excluding diaryl/α,β-unsaturated/α-hetero) is 1. The second kappa shape index (κ2) is 10.4. The number of allylic oxidation sites excluding steroid dienone is 6. The van der Waals surface area contributed by atoms with Gasteiger partial charge in [-0.05, 0) is 103 Å². The third-order valence-electron chi connectivity index (χ3n) is 12.4. The van der Waals surface area contributed by atoms with E-state index in [2.05, 4.69) is 81.0 Å². The lowest BCUT2D eigenvalue weighted by molar-refractivity contribution is -0.114. The van der Waals surface area contributed by atoms with E-state index >= 15 is 0 Å². The highest BCUT2D eigenvalue weighted by atomic mass is 16.1. The molecule has 0 fully saturated rings. The molecule has 1 heteroatoms. The van der Waals surface area contributed by atoms with Gasteiger partial charge >= 0.3 is 0 Å². The summed E-state index contributed by atoms with van der Waals surface area (Å²) < 4.78 is 0. The van der Waals surface area contributed by atoms with Crippen LogP contribution in [0.5, 0.6) is 0 Å². The van der Waals surface area contributed by atoms with E-state index < -0.39 is 0 Å². The molecular formula is C38H54O. The Bertz CT molecular complexity index is 1280. The predicted molar refractivity (Wildman–Crippen MR) is 169 cm³/mol. The van der Waals surface area contributed by atoms with E-state index in [4.69, 9.17) is 6.58 Å². The molecule has 5 atom stereocenters. The molecule has 0 amide bonds. The molecule has 3 aliphatic carbocycles. The van der Waals surface area contributed by atoms with Crippen LogP contribution in [-0.2, 0) is 11.2 Å². The van der Waals surface area contributed by atoms with Crippen LogP contribution in [-0.4, -0.2) is 5.78 Å². The third kappa shape index (κ3) is 4.04. The molecule has 0 aliphatic heterocycles. The van der Waals surface area contributed by atoms with Crippen molar-refractivity contribution in [1.29, 1.82) is 0 Å². The molecule has 0 radical (unpaired) electrons. The van der Waals surface area contributed by atoms with Gasteiger partial charge in [-0.1, -0.05) is 110 Å². The number of carbonyl (C=O) groups is 1. The first-order valence-electron chi connectivity index (χ1n) is 15.6. The summed E-state index contributed by atoms with van der Waals surface area (Å²) in [4.78, 5) is 12.8. The molecule has 0 saturated heterocycles. The van der Waals surface area contributed by atoms with Crippen molar-refractivity contribution >= 4 is 11.4 Å². The van der Waals surface area contributed by atoms with Crippen molar-refractivity contribution < 1.29 is 4.79 Å². The molecule has 1 aromatic carbocycles. The highest BCUT2D eigenvalue weighted by Gasteiger charge is 2.65. The third-order valence-corrected chi connectivity index (χ3v) is 12.4. The molecule has 212 valence electrons. The van der Waals surface area contributed by atoms with Gasteiger partial charge in [-0.3, -0.25) is 4.79 Å². The number of hydrogen-bond acceptors (Lipinski definition) is 1. The Labute approximate surface area is 239 Å². The normalized spacial score (nSPS) is 32.3. The lowest BCUT2D eigenvalue weighted by Crippen LogP contribution is -2.58. The fourth-order valence-electron chi connectivity index (χ4n) is 9.45. The Balaban J connectivity index is 1.84. The summed E-state index contributed by atoms with van der Waals surface area (Å²) in [7, 11) is 0. The Morgan fingerprint density at radius 1 is 0.974 bits per heavy atom. The molecule has 0 spiro atoms. The van der Waals surface area contributed by atoms with Crippen molar-refractivity contribution in [3.63, 3.8) is 0 Å². The van der Waals surface area contributed by atoms with Gasteiger partial charge in [-0.25, -0.2) is 0 Å². The average molecular weight is 527 g/mol. The molecule has 4 rings (SSSR count). The first kappa shape index (κ1) is 29.8. The van der Waals surface area contributed by atoms with E-state index in [0.29, 0.717) is 11.8 Å². The van der Waals surface area contributed by atoms with E-state index in [0.717, 1.165) is 24.0 Å². The van der Waals surface area contributed by atoms with Gasteiger partial charge in [0.15, 0.2) is 5.78 Å². The molecule has 0 bridgehead atoms. The van der Waals surface area contributed by atoms with Crippen LogP contribution in [0.15, 0.2) is 53.2 Å². The number of carbonyl (C=O) groups excluding carboxylic acids is 1.